The van der Waals surface area contributed by atoms with E-state index in [9.17, 15) is 0 Å². The maximum absolute atomic E-state index is 5.44. The lowest BCUT2D eigenvalue weighted by Crippen LogP contribution is -2.48. The summed E-state index contributed by atoms with van der Waals surface area (Å²) in [5, 5.41) is 0. The Hall–Kier alpha value is -0.120. The summed E-state index contributed by atoms with van der Waals surface area (Å²) in [7, 11) is 0. The smallest absolute Gasteiger partial charge is 0.0593 e. The van der Waals surface area contributed by atoms with Crippen LogP contribution in [-0.2, 0) is 4.74 Å². The fourth-order valence-corrected chi connectivity index (χ4v) is 3.24. The molecule has 0 atom stereocenters. The van der Waals surface area contributed by atoms with Crippen LogP contribution in [0.2, 0.25) is 0 Å². The van der Waals surface area contributed by atoms with E-state index in [-0.39, 0.29) is 0 Å². The molecule has 2 fully saturated rings. The minimum absolute atomic E-state index is 0.850. The predicted molar refractivity (Wildman–Crippen MR) is 75.9 cm³/mol. The highest BCUT2D eigenvalue weighted by atomic mass is 16.5. The van der Waals surface area contributed by atoms with Gasteiger partial charge in [0.05, 0.1) is 6.61 Å². The number of hydrogen-bond acceptors (Lipinski definition) is 3. The van der Waals surface area contributed by atoms with E-state index in [1.54, 1.807) is 0 Å². The van der Waals surface area contributed by atoms with Crippen LogP contribution in [0, 0.1) is 5.92 Å². The molecule has 0 aliphatic carbocycles. The average Bonchev–Trinajstić information content (AvgIpc) is 2.41. The third kappa shape index (κ3) is 4.22. The molecular weight excluding hydrogens is 224 g/mol. The molecule has 0 aromatic heterocycles. The maximum Gasteiger partial charge on any atom is 0.0593 e. The van der Waals surface area contributed by atoms with Crippen LogP contribution < -0.4 is 0 Å². The summed E-state index contributed by atoms with van der Waals surface area (Å²) in [6.07, 6.45) is 5.54. The van der Waals surface area contributed by atoms with Gasteiger partial charge in [0.1, 0.15) is 0 Å². The Morgan fingerprint density at radius 1 is 1.00 bits per heavy atom. The molecule has 0 saturated carbocycles. The van der Waals surface area contributed by atoms with Crippen molar-refractivity contribution in [3.63, 3.8) is 0 Å². The molecule has 0 unspecified atom stereocenters. The van der Waals surface area contributed by atoms with Gasteiger partial charge in [-0.2, -0.15) is 0 Å². The summed E-state index contributed by atoms with van der Waals surface area (Å²) in [6, 6.07) is 0.862. The number of rotatable bonds is 5. The van der Waals surface area contributed by atoms with Gasteiger partial charge in [-0.05, 0) is 64.7 Å². The highest BCUT2D eigenvalue weighted by Gasteiger charge is 2.26. The molecule has 0 radical (unpaired) electrons. The van der Waals surface area contributed by atoms with Crippen LogP contribution in [0.15, 0.2) is 0 Å². The van der Waals surface area contributed by atoms with E-state index in [2.05, 4.69) is 23.6 Å². The molecule has 106 valence electrons. The van der Waals surface area contributed by atoms with Crippen LogP contribution in [0.3, 0.4) is 0 Å². The molecule has 2 saturated heterocycles. The molecule has 0 aromatic rings. The maximum atomic E-state index is 5.44. The number of ether oxygens (including phenoxy) is 1. The molecule has 2 rings (SSSR count). The summed E-state index contributed by atoms with van der Waals surface area (Å²) in [5.74, 6) is 0.951. The zero-order chi connectivity index (χ0) is 12.8. The van der Waals surface area contributed by atoms with Crippen LogP contribution >= 0.6 is 0 Å². The third-order valence-corrected chi connectivity index (χ3v) is 4.65. The van der Waals surface area contributed by atoms with Crippen LogP contribution in [0.1, 0.15) is 39.5 Å². The third-order valence-electron chi connectivity index (χ3n) is 4.65. The van der Waals surface area contributed by atoms with E-state index >= 15 is 0 Å². The lowest BCUT2D eigenvalue weighted by molar-refractivity contribution is 0.0610. The van der Waals surface area contributed by atoms with Gasteiger partial charge in [-0.3, -0.25) is 0 Å². The Bertz CT molecular complexity index is 219. The van der Waals surface area contributed by atoms with Crippen molar-refractivity contribution in [3.8, 4) is 0 Å². The molecule has 0 amide bonds. The molecule has 0 bridgehead atoms. The first-order chi connectivity index (χ1) is 8.79. The van der Waals surface area contributed by atoms with Gasteiger partial charge in [-0.25, -0.2) is 0 Å². The van der Waals surface area contributed by atoms with Crippen LogP contribution in [0.25, 0.3) is 0 Å². The first-order valence-corrected chi connectivity index (χ1v) is 7.83. The fourth-order valence-electron chi connectivity index (χ4n) is 3.24. The van der Waals surface area contributed by atoms with Crippen molar-refractivity contribution in [2.24, 2.45) is 5.92 Å². The number of likely N-dealkylation sites (tertiary alicyclic amines) is 2. The molecule has 2 heterocycles. The Morgan fingerprint density at radius 2 is 1.67 bits per heavy atom. The Kier molecular flexibility index (Phi) is 5.93. The van der Waals surface area contributed by atoms with Crippen molar-refractivity contribution in [1.29, 1.82) is 0 Å². The highest BCUT2D eigenvalue weighted by molar-refractivity contribution is 4.82. The van der Waals surface area contributed by atoms with Gasteiger partial charge < -0.3 is 14.5 Å². The second kappa shape index (κ2) is 7.46. The average molecular weight is 254 g/mol. The Balaban J connectivity index is 1.63. The largest absolute Gasteiger partial charge is 0.380 e. The van der Waals surface area contributed by atoms with Crippen molar-refractivity contribution < 1.29 is 4.74 Å². The monoisotopic (exact) mass is 254 g/mol. The Labute approximate surface area is 112 Å². The topological polar surface area (TPSA) is 15.7 Å². The van der Waals surface area contributed by atoms with Gasteiger partial charge in [0.2, 0.25) is 0 Å². The quantitative estimate of drug-likeness (QED) is 0.700. The van der Waals surface area contributed by atoms with Crippen molar-refractivity contribution in [2.45, 2.75) is 45.6 Å². The van der Waals surface area contributed by atoms with Crippen LogP contribution in [0.5, 0.6) is 0 Å². The molecule has 2 aliphatic heterocycles. The number of nitrogens with zero attached hydrogens (tertiary/aromatic N) is 2. The Morgan fingerprint density at radius 3 is 2.28 bits per heavy atom. The van der Waals surface area contributed by atoms with E-state index in [4.69, 9.17) is 4.74 Å². The zero-order valence-corrected chi connectivity index (χ0v) is 12.2. The summed E-state index contributed by atoms with van der Waals surface area (Å²) in [4.78, 5) is 5.32. The van der Waals surface area contributed by atoms with E-state index in [0.29, 0.717) is 0 Å². The number of hydrogen-bond donors (Lipinski definition) is 0. The fraction of sp³-hybridized carbons (Fsp3) is 1.00. The summed E-state index contributed by atoms with van der Waals surface area (Å²) < 4.78 is 5.44. The molecule has 0 spiro atoms. The van der Waals surface area contributed by atoms with Gasteiger partial charge >= 0.3 is 0 Å². The first kappa shape index (κ1) is 14.3. The standard InChI is InChI=1S/C15H30N2O/c1-3-18-13-12-16-8-6-15(7-9-16)17-10-4-14(2)5-11-17/h14-15H,3-13H2,1-2H3. The summed E-state index contributed by atoms with van der Waals surface area (Å²) in [6.45, 7) is 12.6. The van der Waals surface area contributed by atoms with Crippen molar-refractivity contribution in [2.75, 3.05) is 45.9 Å². The predicted octanol–water partition coefficient (Wildman–Crippen LogP) is 2.22. The van der Waals surface area contributed by atoms with E-state index in [1.807, 2.05) is 0 Å². The van der Waals surface area contributed by atoms with Crippen LogP contribution in [-0.4, -0.2) is 61.8 Å². The molecule has 3 nitrogen and oxygen atoms in total. The minimum atomic E-state index is 0.850. The lowest BCUT2D eigenvalue weighted by Gasteiger charge is -2.41. The van der Waals surface area contributed by atoms with Gasteiger partial charge in [0, 0.05) is 19.2 Å². The van der Waals surface area contributed by atoms with Crippen molar-refractivity contribution in [1.82, 2.24) is 9.80 Å². The van der Waals surface area contributed by atoms with E-state index < -0.39 is 0 Å². The van der Waals surface area contributed by atoms with Crippen molar-refractivity contribution >= 4 is 0 Å². The van der Waals surface area contributed by atoms with Gasteiger partial charge in [-0.15, -0.1) is 0 Å². The molecule has 0 N–H and O–H groups in total. The molecule has 2 aliphatic rings. The lowest BCUT2D eigenvalue weighted by atomic mass is 9.95. The van der Waals surface area contributed by atoms with E-state index in [1.165, 1.54) is 51.9 Å². The molecule has 0 aromatic carbocycles. The van der Waals surface area contributed by atoms with Gasteiger partial charge in [-0.1, -0.05) is 6.92 Å². The SMILES string of the molecule is CCOCCN1CCC(N2CCC(C)CC2)CC1. The normalized spacial score (nSPS) is 25.7. The van der Waals surface area contributed by atoms with Crippen molar-refractivity contribution in [3.05, 3.63) is 0 Å². The molecular formula is C15H30N2O. The molecule has 18 heavy (non-hydrogen) atoms. The second-order valence-corrected chi connectivity index (χ2v) is 5.99. The first-order valence-electron chi connectivity index (χ1n) is 7.83. The van der Waals surface area contributed by atoms with Crippen LogP contribution in [0.4, 0.5) is 0 Å². The van der Waals surface area contributed by atoms with E-state index in [0.717, 1.165) is 31.7 Å². The summed E-state index contributed by atoms with van der Waals surface area (Å²) >= 11 is 0. The molecule has 3 heteroatoms. The van der Waals surface area contributed by atoms with Gasteiger partial charge in [0.15, 0.2) is 0 Å². The summed E-state index contributed by atoms with van der Waals surface area (Å²) in [5.41, 5.74) is 0. The zero-order valence-electron chi connectivity index (χ0n) is 12.2. The number of piperidine rings is 2. The van der Waals surface area contributed by atoms with Gasteiger partial charge in [0.25, 0.3) is 0 Å². The second-order valence-electron chi connectivity index (χ2n) is 5.99. The highest BCUT2D eigenvalue weighted by Crippen LogP contribution is 2.23. The minimum Gasteiger partial charge on any atom is -0.380 e.